The summed E-state index contributed by atoms with van der Waals surface area (Å²) in [6, 6.07) is 28.5. The van der Waals surface area contributed by atoms with Crippen LogP contribution in [0, 0.1) is 13.8 Å². The van der Waals surface area contributed by atoms with Gasteiger partial charge in [0.1, 0.15) is 0 Å². The van der Waals surface area contributed by atoms with Gasteiger partial charge in [-0.3, -0.25) is 4.98 Å². The molecule has 1 heteroatoms. The molecule has 0 aliphatic heterocycles. The van der Waals surface area contributed by atoms with Crippen molar-refractivity contribution in [2.75, 3.05) is 0 Å². The van der Waals surface area contributed by atoms with E-state index in [0.29, 0.717) is 0 Å². The molecule has 5 aromatic rings. The molecule has 28 heavy (non-hydrogen) atoms. The van der Waals surface area contributed by atoms with Gasteiger partial charge in [0.05, 0.1) is 0 Å². The molecule has 0 saturated carbocycles. The number of rotatable bonds is 2. The third kappa shape index (κ3) is 2.68. The van der Waals surface area contributed by atoms with Crippen molar-refractivity contribution in [1.82, 2.24) is 4.98 Å². The van der Waals surface area contributed by atoms with E-state index in [0.717, 1.165) is 0 Å². The Balaban J connectivity index is 1.96. The summed E-state index contributed by atoms with van der Waals surface area (Å²) in [7, 11) is 0. The zero-order valence-electron chi connectivity index (χ0n) is 16.1. The minimum atomic E-state index is 1.20. The lowest BCUT2D eigenvalue weighted by Gasteiger charge is -2.17. The Bertz CT molecular complexity index is 1140. The number of hydrogen-bond donors (Lipinski definition) is 0. The van der Waals surface area contributed by atoms with E-state index in [1.54, 1.807) is 0 Å². The maximum Gasteiger partial charge on any atom is 0.0353 e. The summed E-state index contributed by atoms with van der Waals surface area (Å²) < 4.78 is 0. The minimum Gasteiger partial charge on any atom is -0.264 e. The highest BCUT2D eigenvalue weighted by Crippen LogP contribution is 2.43. The Labute approximate surface area is 165 Å². The van der Waals surface area contributed by atoms with Crippen molar-refractivity contribution in [1.29, 1.82) is 0 Å². The smallest absolute Gasteiger partial charge is 0.0353 e. The molecule has 0 aliphatic carbocycles. The first-order chi connectivity index (χ1) is 13.7. The third-order valence-electron chi connectivity index (χ3n) is 5.51. The van der Waals surface area contributed by atoms with Crippen molar-refractivity contribution in [2.24, 2.45) is 0 Å². The summed E-state index contributed by atoms with van der Waals surface area (Å²) in [5.74, 6) is 0. The molecule has 1 heterocycles. The van der Waals surface area contributed by atoms with Crippen molar-refractivity contribution in [3.63, 3.8) is 0 Å². The average Bonchev–Trinajstić information content (AvgIpc) is 2.74. The zero-order chi connectivity index (χ0) is 19.1. The number of fused-ring (bicyclic) bond motifs is 2. The minimum absolute atomic E-state index is 1.20. The van der Waals surface area contributed by atoms with E-state index in [1.807, 2.05) is 12.4 Å². The lowest BCUT2D eigenvalue weighted by atomic mass is 9.86. The lowest BCUT2D eigenvalue weighted by molar-refractivity contribution is 1.37. The van der Waals surface area contributed by atoms with Crippen LogP contribution in [0.3, 0.4) is 0 Å². The fourth-order valence-electron chi connectivity index (χ4n) is 4.08. The van der Waals surface area contributed by atoms with E-state index in [-0.39, 0.29) is 0 Å². The predicted octanol–water partition coefficient (Wildman–Crippen LogP) is 7.34. The zero-order valence-corrected chi connectivity index (χ0v) is 16.1. The summed E-state index contributed by atoms with van der Waals surface area (Å²) in [6.45, 7) is 4.26. The SMILES string of the molecule is Cc1ccc(-c2c3ccccc3c(-c3ccc(C)cc3)c3cnccc23)cc1. The molecule has 0 bridgehead atoms. The van der Waals surface area contributed by atoms with Crippen molar-refractivity contribution < 1.29 is 0 Å². The first kappa shape index (κ1) is 16.7. The molecule has 0 unspecified atom stereocenters. The summed E-state index contributed by atoms with van der Waals surface area (Å²) in [5.41, 5.74) is 7.56. The summed E-state index contributed by atoms with van der Waals surface area (Å²) in [4.78, 5) is 4.47. The molecule has 0 spiro atoms. The standard InChI is InChI=1S/C27H21N/c1-18-7-11-20(12-8-18)26-22-5-3-4-6-23(22)27(21-13-9-19(2)10-14-21)25-17-28-16-15-24(25)26/h3-17H,1-2H3. The van der Waals surface area contributed by atoms with Crippen LogP contribution in [0.1, 0.15) is 11.1 Å². The van der Waals surface area contributed by atoms with Gasteiger partial charge in [-0.1, -0.05) is 83.9 Å². The van der Waals surface area contributed by atoms with Crippen LogP contribution in [0.5, 0.6) is 0 Å². The Morgan fingerprint density at radius 2 is 0.964 bits per heavy atom. The highest BCUT2D eigenvalue weighted by atomic mass is 14.6. The van der Waals surface area contributed by atoms with Crippen LogP contribution in [0.15, 0.2) is 91.3 Å². The van der Waals surface area contributed by atoms with Gasteiger partial charge in [0, 0.05) is 17.8 Å². The molecule has 5 rings (SSSR count). The maximum absolute atomic E-state index is 4.47. The normalized spacial score (nSPS) is 11.2. The number of hydrogen-bond acceptors (Lipinski definition) is 1. The first-order valence-electron chi connectivity index (χ1n) is 9.65. The van der Waals surface area contributed by atoms with E-state index < -0.39 is 0 Å². The molecule has 1 nitrogen and oxygen atoms in total. The van der Waals surface area contributed by atoms with Gasteiger partial charge in [-0.2, -0.15) is 0 Å². The van der Waals surface area contributed by atoms with Gasteiger partial charge in [0.2, 0.25) is 0 Å². The molecule has 1 aromatic heterocycles. The Hall–Kier alpha value is -3.45. The molecule has 0 radical (unpaired) electrons. The second-order valence-electron chi connectivity index (χ2n) is 7.45. The third-order valence-corrected chi connectivity index (χ3v) is 5.51. The largest absolute Gasteiger partial charge is 0.264 e. The molecular weight excluding hydrogens is 338 g/mol. The van der Waals surface area contributed by atoms with Crippen molar-refractivity contribution in [3.05, 3.63) is 102 Å². The fraction of sp³-hybridized carbons (Fsp3) is 0.0741. The molecule has 0 fully saturated rings. The summed E-state index contributed by atoms with van der Waals surface area (Å²) in [5, 5.41) is 4.98. The Morgan fingerprint density at radius 1 is 0.500 bits per heavy atom. The second-order valence-corrected chi connectivity index (χ2v) is 7.45. The molecule has 0 amide bonds. The van der Waals surface area contributed by atoms with Crippen LogP contribution < -0.4 is 0 Å². The quantitative estimate of drug-likeness (QED) is 0.300. The van der Waals surface area contributed by atoms with E-state index in [1.165, 1.54) is 54.9 Å². The molecular formula is C27H21N. The van der Waals surface area contributed by atoms with Crippen LogP contribution in [0.4, 0.5) is 0 Å². The van der Waals surface area contributed by atoms with E-state index in [4.69, 9.17) is 0 Å². The average molecular weight is 359 g/mol. The Morgan fingerprint density at radius 3 is 1.50 bits per heavy atom. The monoisotopic (exact) mass is 359 g/mol. The summed E-state index contributed by atoms with van der Waals surface area (Å²) in [6.07, 6.45) is 3.91. The van der Waals surface area contributed by atoms with E-state index in [2.05, 4.69) is 97.7 Å². The molecule has 0 atom stereocenters. The first-order valence-corrected chi connectivity index (χ1v) is 9.65. The predicted molar refractivity (Wildman–Crippen MR) is 120 cm³/mol. The molecule has 0 N–H and O–H groups in total. The summed E-state index contributed by atoms with van der Waals surface area (Å²) >= 11 is 0. The van der Waals surface area contributed by atoms with Gasteiger partial charge in [0.25, 0.3) is 0 Å². The number of aryl methyl sites for hydroxylation is 2. The van der Waals surface area contributed by atoms with Crippen molar-refractivity contribution >= 4 is 21.5 Å². The number of aromatic nitrogens is 1. The van der Waals surface area contributed by atoms with Crippen LogP contribution in [-0.4, -0.2) is 4.98 Å². The Kier molecular flexibility index (Phi) is 3.95. The van der Waals surface area contributed by atoms with E-state index in [9.17, 15) is 0 Å². The molecule has 4 aromatic carbocycles. The molecule has 0 aliphatic rings. The van der Waals surface area contributed by atoms with Gasteiger partial charge >= 0.3 is 0 Å². The number of pyridine rings is 1. The van der Waals surface area contributed by atoms with Gasteiger partial charge in [-0.25, -0.2) is 0 Å². The van der Waals surface area contributed by atoms with Gasteiger partial charge in [-0.15, -0.1) is 0 Å². The van der Waals surface area contributed by atoms with Crippen molar-refractivity contribution in [2.45, 2.75) is 13.8 Å². The van der Waals surface area contributed by atoms with Gasteiger partial charge < -0.3 is 0 Å². The topological polar surface area (TPSA) is 12.9 Å². The van der Waals surface area contributed by atoms with Crippen LogP contribution in [0.2, 0.25) is 0 Å². The molecule has 134 valence electrons. The van der Waals surface area contributed by atoms with Gasteiger partial charge in [0.15, 0.2) is 0 Å². The number of nitrogens with zero attached hydrogens (tertiary/aromatic N) is 1. The second kappa shape index (κ2) is 6.61. The molecule has 0 saturated heterocycles. The fourth-order valence-corrected chi connectivity index (χ4v) is 4.08. The maximum atomic E-state index is 4.47. The van der Waals surface area contributed by atoms with Gasteiger partial charge in [-0.05, 0) is 58.3 Å². The van der Waals surface area contributed by atoms with E-state index >= 15 is 0 Å². The van der Waals surface area contributed by atoms with Crippen LogP contribution in [0.25, 0.3) is 43.8 Å². The number of benzene rings is 4. The highest BCUT2D eigenvalue weighted by Gasteiger charge is 2.16. The highest BCUT2D eigenvalue weighted by molar-refractivity contribution is 6.21. The van der Waals surface area contributed by atoms with Crippen molar-refractivity contribution in [3.8, 4) is 22.3 Å². The van der Waals surface area contributed by atoms with Crippen LogP contribution >= 0.6 is 0 Å². The van der Waals surface area contributed by atoms with Crippen LogP contribution in [-0.2, 0) is 0 Å². The lowest BCUT2D eigenvalue weighted by Crippen LogP contribution is -1.91.